The van der Waals surface area contributed by atoms with Crippen molar-refractivity contribution in [2.75, 3.05) is 19.7 Å². The smallest absolute Gasteiger partial charge is 0.409 e. The quantitative estimate of drug-likeness (QED) is 0.732. The zero-order valence-corrected chi connectivity index (χ0v) is 16.2. The van der Waals surface area contributed by atoms with Crippen molar-refractivity contribution in [2.24, 2.45) is 5.41 Å². The Balaban J connectivity index is 1.81. The molecule has 1 aromatic rings. The van der Waals surface area contributed by atoms with Gasteiger partial charge in [-0.05, 0) is 45.7 Å². The lowest BCUT2D eigenvalue weighted by atomic mass is 9.90. The van der Waals surface area contributed by atoms with Gasteiger partial charge in [0.05, 0.1) is 18.8 Å². The highest BCUT2D eigenvalue weighted by Crippen LogP contribution is 2.18. The van der Waals surface area contributed by atoms with Crippen molar-refractivity contribution in [1.29, 1.82) is 0 Å². The van der Waals surface area contributed by atoms with Crippen LogP contribution in [0.3, 0.4) is 0 Å². The molecule has 8 nitrogen and oxygen atoms in total. The van der Waals surface area contributed by atoms with Crippen molar-refractivity contribution in [3.63, 3.8) is 0 Å². The first-order chi connectivity index (χ1) is 12.8. The lowest BCUT2D eigenvalue weighted by Gasteiger charge is -2.33. The molecule has 1 saturated heterocycles. The second-order valence-electron chi connectivity index (χ2n) is 7.06. The molecule has 2 heterocycles. The first kappa shape index (κ1) is 20.7. The van der Waals surface area contributed by atoms with Crippen molar-refractivity contribution in [2.45, 2.75) is 46.2 Å². The monoisotopic (exact) mass is 376 g/mol. The van der Waals surface area contributed by atoms with Crippen LogP contribution in [0.15, 0.2) is 24.4 Å². The molecule has 2 N–H and O–H groups in total. The summed E-state index contributed by atoms with van der Waals surface area (Å²) in [4.78, 5) is 42.6. The van der Waals surface area contributed by atoms with Gasteiger partial charge in [-0.1, -0.05) is 6.07 Å². The van der Waals surface area contributed by atoms with Gasteiger partial charge < -0.3 is 20.3 Å². The number of pyridine rings is 1. The van der Waals surface area contributed by atoms with Crippen LogP contribution in [-0.4, -0.2) is 53.5 Å². The van der Waals surface area contributed by atoms with Gasteiger partial charge in [0.2, 0.25) is 11.8 Å². The number of nitrogens with one attached hydrogen (secondary N) is 2. The predicted octanol–water partition coefficient (Wildman–Crippen LogP) is 1.46. The van der Waals surface area contributed by atoms with Gasteiger partial charge in [0.15, 0.2) is 0 Å². The van der Waals surface area contributed by atoms with Gasteiger partial charge in [0.25, 0.3) is 0 Å². The van der Waals surface area contributed by atoms with Crippen LogP contribution in [0.2, 0.25) is 0 Å². The van der Waals surface area contributed by atoms with Gasteiger partial charge in [0, 0.05) is 25.3 Å². The van der Waals surface area contributed by atoms with E-state index in [9.17, 15) is 14.4 Å². The molecule has 0 radical (unpaired) electrons. The molecule has 2 rings (SSSR count). The summed E-state index contributed by atoms with van der Waals surface area (Å²) in [6.45, 7) is 6.64. The Morgan fingerprint density at radius 1 is 1.22 bits per heavy atom. The number of nitrogens with zero attached hydrogens (tertiary/aromatic N) is 2. The summed E-state index contributed by atoms with van der Waals surface area (Å²) in [6.07, 6.45) is 2.60. The van der Waals surface area contributed by atoms with Crippen LogP contribution in [0.1, 0.15) is 39.3 Å². The molecule has 27 heavy (non-hydrogen) atoms. The number of carbonyl (C=O) groups excluding carboxylic acids is 3. The molecule has 1 aliphatic rings. The summed E-state index contributed by atoms with van der Waals surface area (Å²) in [5.74, 6) is -0.676. The predicted molar refractivity (Wildman–Crippen MR) is 99.6 cm³/mol. The zero-order valence-electron chi connectivity index (χ0n) is 16.2. The average molecular weight is 376 g/mol. The number of amides is 3. The van der Waals surface area contributed by atoms with Crippen molar-refractivity contribution in [3.05, 3.63) is 30.1 Å². The molecule has 1 fully saturated rings. The molecule has 0 unspecified atom stereocenters. The van der Waals surface area contributed by atoms with Crippen LogP contribution < -0.4 is 10.6 Å². The minimum atomic E-state index is -1.20. The maximum Gasteiger partial charge on any atom is 0.409 e. The molecule has 0 bridgehead atoms. The summed E-state index contributed by atoms with van der Waals surface area (Å²) >= 11 is 0. The van der Waals surface area contributed by atoms with E-state index >= 15 is 0 Å². The fourth-order valence-electron chi connectivity index (χ4n) is 2.78. The van der Waals surface area contributed by atoms with Crippen molar-refractivity contribution >= 4 is 17.9 Å². The highest BCUT2D eigenvalue weighted by Gasteiger charge is 2.37. The standard InChI is InChI=1S/C19H28N4O4/c1-4-27-18(26)23-11-8-14(9-12-23)22-17(25)19(2,3)16(24)21-13-15-7-5-6-10-20-15/h5-7,10,14H,4,8-9,11-13H2,1-3H3,(H,21,24)(H,22,25). The van der Waals surface area contributed by atoms with Crippen LogP contribution in [0.4, 0.5) is 4.79 Å². The lowest BCUT2D eigenvalue weighted by Crippen LogP contribution is -2.53. The average Bonchev–Trinajstić information content (AvgIpc) is 2.67. The van der Waals surface area contributed by atoms with Gasteiger partial charge >= 0.3 is 6.09 Å². The Morgan fingerprint density at radius 2 is 1.93 bits per heavy atom. The topological polar surface area (TPSA) is 101 Å². The molecule has 1 aromatic heterocycles. The van der Waals surface area contributed by atoms with Crippen molar-refractivity contribution in [3.8, 4) is 0 Å². The first-order valence-corrected chi connectivity index (χ1v) is 9.25. The van der Waals surface area contributed by atoms with Crippen molar-refractivity contribution < 1.29 is 19.1 Å². The molecule has 8 heteroatoms. The second kappa shape index (κ2) is 9.34. The van der Waals surface area contributed by atoms with Crippen molar-refractivity contribution in [1.82, 2.24) is 20.5 Å². The number of likely N-dealkylation sites (tertiary alicyclic amines) is 1. The van der Waals surface area contributed by atoms with Crippen LogP contribution in [0, 0.1) is 5.41 Å². The SMILES string of the molecule is CCOC(=O)N1CCC(NC(=O)C(C)(C)C(=O)NCc2ccccn2)CC1. The van der Waals surface area contributed by atoms with Crippen LogP contribution in [0.5, 0.6) is 0 Å². The number of hydrogen-bond donors (Lipinski definition) is 2. The summed E-state index contributed by atoms with van der Waals surface area (Å²) < 4.78 is 4.99. The minimum absolute atomic E-state index is 0.0639. The third-order valence-electron chi connectivity index (χ3n) is 4.65. The van der Waals surface area contributed by atoms with E-state index in [1.165, 1.54) is 0 Å². The lowest BCUT2D eigenvalue weighted by molar-refractivity contribution is -0.142. The Labute approximate surface area is 159 Å². The van der Waals surface area contributed by atoms with Crippen LogP contribution in [0.25, 0.3) is 0 Å². The zero-order chi connectivity index (χ0) is 19.9. The van der Waals surface area contributed by atoms with Gasteiger partial charge in [-0.2, -0.15) is 0 Å². The second-order valence-corrected chi connectivity index (χ2v) is 7.06. The molecule has 148 valence electrons. The fourth-order valence-corrected chi connectivity index (χ4v) is 2.78. The van der Waals surface area contributed by atoms with Crippen LogP contribution in [-0.2, 0) is 20.9 Å². The molecule has 0 atom stereocenters. The first-order valence-electron chi connectivity index (χ1n) is 9.25. The Kier molecular flexibility index (Phi) is 7.15. The molecular formula is C19H28N4O4. The van der Waals surface area contributed by atoms with E-state index in [1.54, 1.807) is 37.9 Å². The maximum atomic E-state index is 12.6. The number of aromatic nitrogens is 1. The summed E-state index contributed by atoms with van der Waals surface area (Å²) in [5, 5.41) is 5.70. The number of piperidine rings is 1. The molecule has 0 aliphatic carbocycles. The Hall–Kier alpha value is -2.64. The molecule has 1 aliphatic heterocycles. The molecule has 0 spiro atoms. The van der Waals surface area contributed by atoms with E-state index in [1.807, 2.05) is 12.1 Å². The van der Waals surface area contributed by atoms with Gasteiger partial charge in [-0.3, -0.25) is 14.6 Å². The van der Waals surface area contributed by atoms with Crippen LogP contribution >= 0.6 is 0 Å². The van der Waals surface area contributed by atoms with E-state index in [0.29, 0.717) is 32.5 Å². The van der Waals surface area contributed by atoms with E-state index in [0.717, 1.165) is 5.69 Å². The summed E-state index contributed by atoms with van der Waals surface area (Å²) in [5.41, 5.74) is -0.471. The third kappa shape index (κ3) is 5.67. The van der Waals surface area contributed by atoms with E-state index in [4.69, 9.17) is 4.74 Å². The highest BCUT2D eigenvalue weighted by molar-refractivity contribution is 6.04. The Bertz CT molecular complexity index is 655. The molecular weight excluding hydrogens is 348 g/mol. The van der Waals surface area contributed by atoms with E-state index in [-0.39, 0.29) is 30.5 Å². The molecule has 3 amide bonds. The Morgan fingerprint density at radius 3 is 2.52 bits per heavy atom. The molecule has 0 aromatic carbocycles. The van der Waals surface area contributed by atoms with Gasteiger partial charge in [-0.15, -0.1) is 0 Å². The molecule has 0 saturated carbocycles. The summed E-state index contributed by atoms with van der Waals surface area (Å²) in [7, 11) is 0. The van der Waals surface area contributed by atoms with Gasteiger partial charge in [-0.25, -0.2) is 4.79 Å². The largest absolute Gasteiger partial charge is 0.450 e. The summed E-state index contributed by atoms with van der Waals surface area (Å²) in [6, 6.07) is 5.39. The van der Waals surface area contributed by atoms with Gasteiger partial charge in [0.1, 0.15) is 5.41 Å². The third-order valence-corrected chi connectivity index (χ3v) is 4.65. The fraction of sp³-hybridized carbons (Fsp3) is 0.579. The maximum absolute atomic E-state index is 12.6. The number of hydrogen-bond acceptors (Lipinski definition) is 5. The normalized spacial score (nSPS) is 15.1. The minimum Gasteiger partial charge on any atom is -0.450 e. The number of ether oxygens (including phenoxy) is 1. The van der Waals surface area contributed by atoms with E-state index in [2.05, 4.69) is 15.6 Å². The number of rotatable bonds is 6. The number of carbonyl (C=O) groups is 3. The highest BCUT2D eigenvalue weighted by atomic mass is 16.6. The van der Waals surface area contributed by atoms with E-state index < -0.39 is 5.41 Å².